The highest BCUT2D eigenvalue weighted by atomic mass is 16.2. The van der Waals surface area contributed by atoms with Gasteiger partial charge >= 0.3 is 0 Å². The van der Waals surface area contributed by atoms with Crippen molar-refractivity contribution in [1.82, 2.24) is 10.6 Å². The van der Waals surface area contributed by atoms with Gasteiger partial charge in [-0.1, -0.05) is 0 Å². The fourth-order valence-corrected chi connectivity index (χ4v) is 5.20. The Kier molecular flexibility index (Phi) is 2.48. The molecule has 3 nitrogen and oxygen atoms in total. The number of hydrogen-bond acceptors (Lipinski definition) is 2. The van der Waals surface area contributed by atoms with Crippen molar-refractivity contribution in [1.29, 1.82) is 0 Å². The summed E-state index contributed by atoms with van der Waals surface area (Å²) in [6.07, 6.45) is 6.57. The second-order valence-electron chi connectivity index (χ2n) is 7.01. The Bertz CT molecular complexity index is 354. The van der Waals surface area contributed by atoms with E-state index < -0.39 is 0 Å². The van der Waals surface area contributed by atoms with Gasteiger partial charge in [-0.2, -0.15) is 0 Å². The van der Waals surface area contributed by atoms with Crippen LogP contribution in [0.5, 0.6) is 0 Å². The van der Waals surface area contributed by atoms with Gasteiger partial charge in [-0.3, -0.25) is 4.79 Å². The van der Waals surface area contributed by atoms with Crippen molar-refractivity contribution in [3.05, 3.63) is 0 Å². The molecular formula is C15H24N2O. The quantitative estimate of drug-likeness (QED) is 0.778. The molecule has 6 unspecified atom stereocenters. The lowest BCUT2D eigenvalue weighted by atomic mass is 9.98. The van der Waals surface area contributed by atoms with Crippen molar-refractivity contribution < 1.29 is 4.79 Å². The lowest BCUT2D eigenvalue weighted by Crippen LogP contribution is -2.52. The molecule has 0 radical (unpaired) electrons. The standard InChI is InChI=1S/C15H24N2O/c1-8-11(3-2-6-16-8)17-15(18)14-12-9-4-5-10(7-9)13(12)14/h8-14,16H,2-7H2,1H3,(H,17,18). The third kappa shape index (κ3) is 1.56. The van der Waals surface area contributed by atoms with Gasteiger partial charge in [0.1, 0.15) is 0 Å². The van der Waals surface area contributed by atoms with Gasteiger partial charge < -0.3 is 10.6 Å². The highest BCUT2D eigenvalue weighted by Crippen LogP contribution is 2.69. The van der Waals surface area contributed by atoms with Crippen molar-refractivity contribution >= 4 is 5.91 Å². The number of carbonyl (C=O) groups is 1. The molecule has 3 saturated carbocycles. The van der Waals surface area contributed by atoms with E-state index in [4.69, 9.17) is 0 Å². The Balaban J connectivity index is 1.38. The van der Waals surface area contributed by atoms with E-state index in [1.165, 1.54) is 25.7 Å². The zero-order valence-electron chi connectivity index (χ0n) is 11.2. The average molecular weight is 248 g/mol. The summed E-state index contributed by atoms with van der Waals surface area (Å²) >= 11 is 0. The molecule has 0 aromatic carbocycles. The molecule has 100 valence electrons. The number of carbonyl (C=O) groups excluding carboxylic acids is 1. The summed E-state index contributed by atoms with van der Waals surface area (Å²) in [5, 5.41) is 6.79. The van der Waals surface area contributed by atoms with Gasteiger partial charge in [-0.05, 0) is 69.2 Å². The lowest BCUT2D eigenvalue weighted by molar-refractivity contribution is -0.124. The second kappa shape index (κ2) is 3.96. The molecule has 4 fully saturated rings. The van der Waals surface area contributed by atoms with E-state index in [2.05, 4.69) is 17.6 Å². The molecule has 18 heavy (non-hydrogen) atoms. The molecule has 1 heterocycles. The first-order valence-electron chi connectivity index (χ1n) is 7.79. The van der Waals surface area contributed by atoms with E-state index in [-0.39, 0.29) is 0 Å². The van der Waals surface area contributed by atoms with E-state index in [0.29, 0.717) is 23.9 Å². The first-order chi connectivity index (χ1) is 8.75. The number of rotatable bonds is 2. The number of hydrogen-bond donors (Lipinski definition) is 2. The summed E-state index contributed by atoms with van der Waals surface area (Å²) in [7, 11) is 0. The lowest BCUT2D eigenvalue weighted by Gasteiger charge is -2.31. The average Bonchev–Trinajstić information content (AvgIpc) is 2.82. The van der Waals surface area contributed by atoms with Crippen LogP contribution in [0.25, 0.3) is 0 Å². The van der Waals surface area contributed by atoms with E-state index in [1.54, 1.807) is 0 Å². The van der Waals surface area contributed by atoms with Crippen molar-refractivity contribution in [2.75, 3.05) is 6.54 Å². The summed E-state index contributed by atoms with van der Waals surface area (Å²) in [5.74, 6) is 4.12. The van der Waals surface area contributed by atoms with Crippen LogP contribution in [0.2, 0.25) is 0 Å². The largest absolute Gasteiger partial charge is 0.352 e. The summed E-state index contributed by atoms with van der Waals surface area (Å²) in [4.78, 5) is 12.4. The number of fused-ring (bicyclic) bond motifs is 5. The van der Waals surface area contributed by atoms with Crippen LogP contribution in [0.1, 0.15) is 39.0 Å². The predicted molar refractivity (Wildman–Crippen MR) is 69.9 cm³/mol. The Morgan fingerprint density at radius 2 is 1.89 bits per heavy atom. The maximum Gasteiger partial charge on any atom is 0.223 e. The summed E-state index contributed by atoms with van der Waals surface area (Å²) < 4.78 is 0. The Labute approximate surface area is 109 Å². The molecule has 1 aliphatic heterocycles. The van der Waals surface area contributed by atoms with Crippen LogP contribution >= 0.6 is 0 Å². The van der Waals surface area contributed by atoms with E-state index in [1.807, 2.05) is 0 Å². The van der Waals surface area contributed by atoms with Crippen molar-refractivity contribution in [2.45, 2.75) is 51.1 Å². The predicted octanol–water partition coefficient (Wildman–Crippen LogP) is 1.54. The first kappa shape index (κ1) is 11.3. The molecule has 0 aromatic rings. The highest BCUT2D eigenvalue weighted by molar-refractivity contribution is 5.83. The van der Waals surface area contributed by atoms with Gasteiger partial charge in [0.25, 0.3) is 0 Å². The molecule has 1 saturated heterocycles. The maximum atomic E-state index is 12.4. The topological polar surface area (TPSA) is 41.1 Å². The minimum Gasteiger partial charge on any atom is -0.352 e. The number of amides is 1. The van der Waals surface area contributed by atoms with Gasteiger partial charge in [0.15, 0.2) is 0 Å². The van der Waals surface area contributed by atoms with Crippen LogP contribution in [0.4, 0.5) is 0 Å². The Hall–Kier alpha value is -0.570. The molecule has 0 spiro atoms. The van der Waals surface area contributed by atoms with Crippen molar-refractivity contribution in [3.8, 4) is 0 Å². The van der Waals surface area contributed by atoms with Gasteiger partial charge in [-0.15, -0.1) is 0 Å². The van der Waals surface area contributed by atoms with Crippen LogP contribution in [0.15, 0.2) is 0 Å². The Morgan fingerprint density at radius 1 is 1.17 bits per heavy atom. The fraction of sp³-hybridized carbons (Fsp3) is 0.933. The van der Waals surface area contributed by atoms with Crippen LogP contribution in [-0.4, -0.2) is 24.5 Å². The molecule has 2 N–H and O–H groups in total. The zero-order chi connectivity index (χ0) is 12.3. The molecular weight excluding hydrogens is 224 g/mol. The van der Waals surface area contributed by atoms with E-state index in [0.717, 1.165) is 36.6 Å². The van der Waals surface area contributed by atoms with Gasteiger partial charge in [0, 0.05) is 18.0 Å². The number of piperidine rings is 1. The first-order valence-corrected chi connectivity index (χ1v) is 7.79. The molecule has 2 bridgehead atoms. The smallest absolute Gasteiger partial charge is 0.223 e. The van der Waals surface area contributed by atoms with Crippen LogP contribution in [0, 0.1) is 29.6 Å². The van der Waals surface area contributed by atoms with Gasteiger partial charge in [-0.25, -0.2) is 0 Å². The third-order valence-corrected chi connectivity index (χ3v) is 6.13. The molecule has 1 amide bonds. The van der Waals surface area contributed by atoms with Crippen molar-refractivity contribution in [3.63, 3.8) is 0 Å². The zero-order valence-corrected chi connectivity index (χ0v) is 11.2. The van der Waals surface area contributed by atoms with Crippen LogP contribution in [0.3, 0.4) is 0 Å². The van der Waals surface area contributed by atoms with Crippen LogP contribution < -0.4 is 10.6 Å². The molecule has 4 rings (SSSR count). The fourth-order valence-electron chi connectivity index (χ4n) is 5.20. The third-order valence-electron chi connectivity index (χ3n) is 6.13. The minimum atomic E-state index is 0.366. The molecule has 6 atom stereocenters. The summed E-state index contributed by atoms with van der Waals surface area (Å²) in [6.45, 7) is 3.30. The normalized spacial score (nSPS) is 53.1. The SMILES string of the molecule is CC1NCCCC1NC(=O)C1C2C3CCC(C3)C12. The molecule has 0 aromatic heterocycles. The molecule has 4 aliphatic rings. The van der Waals surface area contributed by atoms with E-state index in [9.17, 15) is 4.79 Å². The van der Waals surface area contributed by atoms with Crippen molar-refractivity contribution in [2.24, 2.45) is 29.6 Å². The monoisotopic (exact) mass is 248 g/mol. The minimum absolute atomic E-state index is 0.366. The highest BCUT2D eigenvalue weighted by Gasteiger charge is 2.67. The summed E-state index contributed by atoms with van der Waals surface area (Å²) in [6, 6.07) is 0.809. The van der Waals surface area contributed by atoms with Gasteiger partial charge in [0.05, 0.1) is 0 Å². The van der Waals surface area contributed by atoms with Gasteiger partial charge in [0.2, 0.25) is 5.91 Å². The molecule has 3 aliphatic carbocycles. The summed E-state index contributed by atoms with van der Waals surface area (Å²) in [5.41, 5.74) is 0. The maximum absolute atomic E-state index is 12.4. The van der Waals surface area contributed by atoms with Crippen LogP contribution in [-0.2, 0) is 4.79 Å². The molecule has 3 heteroatoms. The number of nitrogens with one attached hydrogen (secondary N) is 2. The second-order valence-corrected chi connectivity index (χ2v) is 7.01. The van der Waals surface area contributed by atoms with E-state index >= 15 is 0 Å². The Morgan fingerprint density at radius 3 is 2.56 bits per heavy atom.